The lowest BCUT2D eigenvalue weighted by molar-refractivity contribution is -0.136. The highest BCUT2D eigenvalue weighted by Crippen LogP contribution is 2.31. The minimum absolute atomic E-state index is 0. The summed E-state index contributed by atoms with van der Waals surface area (Å²) in [6, 6.07) is 2.25. The van der Waals surface area contributed by atoms with Crippen LogP contribution in [0.4, 0.5) is 13.2 Å². The maximum atomic E-state index is 12.5. The lowest BCUT2D eigenvalue weighted by Crippen LogP contribution is -2.08. The molecule has 0 radical (unpaired) electrons. The highest BCUT2D eigenvalue weighted by molar-refractivity contribution is 5.85. The van der Waals surface area contributed by atoms with E-state index in [2.05, 4.69) is 10.2 Å². The van der Waals surface area contributed by atoms with Gasteiger partial charge in [-0.25, -0.2) is 0 Å². The predicted molar refractivity (Wildman–Crippen MR) is 53.1 cm³/mol. The van der Waals surface area contributed by atoms with Gasteiger partial charge in [0.1, 0.15) is 5.56 Å². The Balaban J connectivity index is 0.00000128. The van der Waals surface area contributed by atoms with Crippen LogP contribution in [-0.2, 0) is 12.7 Å². The second-order valence-electron chi connectivity index (χ2n) is 2.93. The molecule has 0 unspecified atom stereocenters. The molecule has 0 amide bonds. The van der Waals surface area contributed by atoms with Gasteiger partial charge in [0.25, 0.3) is 0 Å². The van der Waals surface area contributed by atoms with E-state index >= 15 is 0 Å². The lowest BCUT2D eigenvalue weighted by Gasteiger charge is -2.06. The van der Waals surface area contributed by atoms with Crippen LogP contribution < -0.4 is 5.73 Å². The maximum absolute atomic E-state index is 12.5. The average molecular weight is 253 g/mol. The summed E-state index contributed by atoms with van der Waals surface area (Å²) in [7, 11) is 0. The summed E-state index contributed by atoms with van der Waals surface area (Å²) in [5, 5.41) is 7.04. The number of pyridine rings is 1. The maximum Gasteiger partial charge on any atom is 0.420 e. The molecule has 88 valence electrons. The van der Waals surface area contributed by atoms with Gasteiger partial charge in [0.05, 0.1) is 6.54 Å². The molecular weight excluding hydrogens is 245 g/mol. The van der Waals surface area contributed by atoms with Gasteiger partial charge in [0, 0.05) is 6.20 Å². The summed E-state index contributed by atoms with van der Waals surface area (Å²) in [4.78, 5) is 0. The predicted octanol–water partition coefficient (Wildman–Crippen LogP) is 1.63. The largest absolute Gasteiger partial charge is 0.420 e. The second kappa shape index (κ2) is 4.26. The summed E-state index contributed by atoms with van der Waals surface area (Å²) in [5.74, 6) is 0.302. The van der Waals surface area contributed by atoms with Gasteiger partial charge in [-0.15, -0.1) is 22.6 Å². The molecule has 16 heavy (non-hydrogen) atoms. The molecule has 0 saturated carbocycles. The lowest BCUT2D eigenvalue weighted by atomic mass is 10.2. The molecule has 4 nitrogen and oxygen atoms in total. The van der Waals surface area contributed by atoms with E-state index < -0.39 is 11.7 Å². The number of nitrogens with zero attached hydrogens (tertiary/aromatic N) is 3. The zero-order valence-electron chi connectivity index (χ0n) is 7.90. The van der Waals surface area contributed by atoms with Crippen LogP contribution in [0.25, 0.3) is 5.65 Å². The molecule has 2 rings (SSSR count). The Labute approximate surface area is 94.7 Å². The minimum atomic E-state index is -4.43. The number of fused-ring (bicyclic) bond motifs is 1. The van der Waals surface area contributed by atoms with Crippen molar-refractivity contribution in [3.8, 4) is 0 Å². The number of rotatable bonds is 1. The SMILES string of the molecule is Cl.NCc1nnc2c(C(F)(F)F)cccn12. The fourth-order valence-electron chi connectivity index (χ4n) is 1.32. The molecule has 0 aliphatic rings. The molecule has 2 aromatic heterocycles. The molecule has 0 aliphatic carbocycles. The van der Waals surface area contributed by atoms with E-state index in [-0.39, 0.29) is 24.6 Å². The first-order valence-electron chi connectivity index (χ1n) is 4.14. The molecule has 0 bridgehead atoms. The second-order valence-corrected chi connectivity index (χ2v) is 2.93. The third kappa shape index (κ3) is 1.96. The van der Waals surface area contributed by atoms with Crippen LogP contribution in [0, 0.1) is 0 Å². The number of alkyl halides is 3. The van der Waals surface area contributed by atoms with Crippen LogP contribution in [0.1, 0.15) is 11.4 Å². The van der Waals surface area contributed by atoms with E-state index in [1.165, 1.54) is 16.7 Å². The molecule has 2 heterocycles. The molecule has 0 saturated heterocycles. The fourth-order valence-corrected chi connectivity index (χ4v) is 1.32. The number of hydrogen-bond acceptors (Lipinski definition) is 3. The Morgan fingerprint density at radius 3 is 2.56 bits per heavy atom. The summed E-state index contributed by atoms with van der Waals surface area (Å²) in [6.45, 7) is 0.0441. The van der Waals surface area contributed by atoms with Gasteiger partial charge in [-0.2, -0.15) is 13.2 Å². The summed E-state index contributed by atoms with van der Waals surface area (Å²) in [5.41, 5.74) is 4.29. The van der Waals surface area contributed by atoms with E-state index in [0.29, 0.717) is 5.82 Å². The third-order valence-electron chi connectivity index (χ3n) is 1.99. The monoisotopic (exact) mass is 252 g/mol. The van der Waals surface area contributed by atoms with Crippen molar-refractivity contribution >= 4 is 18.1 Å². The van der Waals surface area contributed by atoms with Crippen LogP contribution in [0.5, 0.6) is 0 Å². The molecule has 0 atom stereocenters. The molecule has 0 aromatic carbocycles. The van der Waals surface area contributed by atoms with Crippen molar-refractivity contribution in [2.75, 3.05) is 0 Å². The van der Waals surface area contributed by atoms with Crippen LogP contribution in [-0.4, -0.2) is 14.6 Å². The van der Waals surface area contributed by atoms with Gasteiger partial charge in [-0.1, -0.05) is 0 Å². The summed E-state index contributed by atoms with van der Waals surface area (Å²) >= 11 is 0. The Hall–Kier alpha value is -1.34. The van der Waals surface area contributed by atoms with Crippen LogP contribution >= 0.6 is 12.4 Å². The highest BCUT2D eigenvalue weighted by Gasteiger charge is 2.34. The zero-order chi connectivity index (χ0) is 11.1. The standard InChI is InChI=1S/C8H7F3N4.ClH/c9-8(10,11)5-2-1-3-15-6(4-12)13-14-7(5)15;/h1-3H,4,12H2;1H. The topological polar surface area (TPSA) is 56.2 Å². The molecule has 2 aromatic rings. The van der Waals surface area contributed by atoms with Crippen molar-refractivity contribution in [3.05, 3.63) is 29.7 Å². The van der Waals surface area contributed by atoms with Crippen molar-refractivity contribution < 1.29 is 13.2 Å². The van der Waals surface area contributed by atoms with E-state index in [1.54, 1.807) is 0 Å². The molecule has 2 N–H and O–H groups in total. The van der Waals surface area contributed by atoms with Crippen LogP contribution in [0.15, 0.2) is 18.3 Å². The summed E-state index contributed by atoms with van der Waals surface area (Å²) < 4.78 is 38.8. The first kappa shape index (κ1) is 12.7. The van der Waals surface area contributed by atoms with Crippen LogP contribution in [0.3, 0.4) is 0 Å². The van der Waals surface area contributed by atoms with Crippen LogP contribution in [0.2, 0.25) is 0 Å². The smallest absolute Gasteiger partial charge is 0.324 e. The molecular formula is C8H8ClF3N4. The van der Waals surface area contributed by atoms with Gasteiger partial charge < -0.3 is 5.73 Å². The fraction of sp³-hybridized carbons (Fsp3) is 0.250. The highest BCUT2D eigenvalue weighted by atomic mass is 35.5. The Morgan fingerprint density at radius 1 is 1.31 bits per heavy atom. The van der Waals surface area contributed by atoms with E-state index in [9.17, 15) is 13.2 Å². The van der Waals surface area contributed by atoms with Crippen molar-refractivity contribution in [2.45, 2.75) is 12.7 Å². The van der Waals surface area contributed by atoms with Crippen molar-refractivity contribution in [2.24, 2.45) is 5.73 Å². The first-order valence-corrected chi connectivity index (χ1v) is 4.14. The van der Waals surface area contributed by atoms with Crippen molar-refractivity contribution in [1.29, 1.82) is 0 Å². The van der Waals surface area contributed by atoms with Gasteiger partial charge >= 0.3 is 6.18 Å². The molecule has 8 heteroatoms. The van der Waals surface area contributed by atoms with Gasteiger partial charge in [0.2, 0.25) is 0 Å². The Morgan fingerprint density at radius 2 is 2.00 bits per heavy atom. The summed E-state index contributed by atoms with van der Waals surface area (Å²) in [6.07, 6.45) is -2.98. The normalized spacial score (nSPS) is 11.5. The molecule has 0 fully saturated rings. The quantitative estimate of drug-likeness (QED) is 0.839. The Kier molecular flexibility index (Phi) is 3.39. The van der Waals surface area contributed by atoms with Crippen molar-refractivity contribution in [3.63, 3.8) is 0 Å². The number of nitrogens with two attached hydrogens (primary N) is 1. The van der Waals surface area contributed by atoms with Gasteiger partial charge in [-0.3, -0.25) is 4.40 Å². The van der Waals surface area contributed by atoms with E-state index in [4.69, 9.17) is 5.73 Å². The third-order valence-corrected chi connectivity index (χ3v) is 1.99. The van der Waals surface area contributed by atoms with E-state index in [0.717, 1.165) is 6.07 Å². The number of hydrogen-bond donors (Lipinski definition) is 1. The Bertz CT molecular complexity index is 493. The minimum Gasteiger partial charge on any atom is -0.324 e. The average Bonchev–Trinajstić information content (AvgIpc) is 2.58. The first-order chi connectivity index (χ1) is 7.04. The molecule has 0 spiro atoms. The number of halogens is 4. The number of aromatic nitrogens is 3. The van der Waals surface area contributed by atoms with Gasteiger partial charge in [0.15, 0.2) is 11.5 Å². The van der Waals surface area contributed by atoms with Gasteiger partial charge in [-0.05, 0) is 12.1 Å². The zero-order valence-corrected chi connectivity index (χ0v) is 8.72. The molecule has 0 aliphatic heterocycles. The van der Waals surface area contributed by atoms with E-state index in [1.807, 2.05) is 0 Å². The van der Waals surface area contributed by atoms with Crippen molar-refractivity contribution in [1.82, 2.24) is 14.6 Å².